The molecule has 0 unspecified atom stereocenters. The molecule has 0 N–H and O–H groups in total. The molecule has 3 aromatic rings. The van der Waals surface area contributed by atoms with Crippen molar-refractivity contribution < 1.29 is 32.2 Å². The predicted molar refractivity (Wildman–Crippen MR) is 165 cm³/mol. The first-order chi connectivity index (χ1) is 20.8. The summed E-state index contributed by atoms with van der Waals surface area (Å²) in [6, 6.07) is 16.0. The molecule has 2 aromatic carbocycles. The van der Waals surface area contributed by atoms with Gasteiger partial charge in [-0.25, -0.2) is 8.42 Å². The van der Waals surface area contributed by atoms with Crippen LogP contribution in [0.5, 0.6) is 17.2 Å². The summed E-state index contributed by atoms with van der Waals surface area (Å²) in [5.74, 6) is -0.834. The normalized spacial score (nSPS) is 15.6. The summed E-state index contributed by atoms with van der Waals surface area (Å²) >= 11 is 0. The monoisotopic (exact) mass is 608 g/mol. The smallest absolute Gasteiger partial charge is 0.295 e. The molecule has 230 valence electrons. The first-order valence-corrected chi connectivity index (χ1v) is 16.3. The molecule has 9 nitrogen and oxygen atoms in total. The molecule has 1 fully saturated rings. The number of pyridine rings is 1. The number of Topliss-reactive ketones (excluding diaryl/α,β-unsaturated/α-hetero) is 1. The molecule has 0 saturated carbocycles. The summed E-state index contributed by atoms with van der Waals surface area (Å²) in [5, 5.41) is -0.562. The molecule has 0 aliphatic carbocycles. The highest BCUT2D eigenvalue weighted by Crippen LogP contribution is 2.38. The minimum atomic E-state index is -3.59. The number of carbonyl (C=O) groups is 2. The minimum Gasteiger partial charge on any atom is -0.493 e. The van der Waals surface area contributed by atoms with Crippen LogP contribution in [0.15, 0.2) is 67.0 Å². The SMILES string of the molecule is COc1cc(C(=O)C(=O)N2CCC[C@H]2CS(=O)(=O)[C@H](CCCc2cccnc2)CCc2ccccc2)cc(OC)c1OC. The van der Waals surface area contributed by atoms with Gasteiger partial charge in [0.1, 0.15) is 0 Å². The molecule has 2 atom stereocenters. The second-order valence-corrected chi connectivity index (χ2v) is 13.1. The largest absolute Gasteiger partial charge is 0.493 e. The highest BCUT2D eigenvalue weighted by atomic mass is 32.2. The van der Waals surface area contributed by atoms with Gasteiger partial charge < -0.3 is 19.1 Å². The summed E-state index contributed by atoms with van der Waals surface area (Å²) in [6.07, 6.45) is 7.76. The van der Waals surface area contributed by atoms with Crippen molar-refractivity contribution in [1.82, 2.24) is 9.88 Å². The quantitative estimate of drug-likeness (QED) is 0.180. The number of rotatable bonds is 15. The predicted octanol–water partition coefficient (Wildman–Crippen LogP) is 4.72. The molecule has 1 aromatic heterocycles. The van der Waals surface area contributed by atoms with Gasteiger partial charge in [-0.2, -0.15) is 0 Å². The molecule has 0 radical (unpaired) electrons. The summed E-state index contributed by atoms with van der Waals surface area (Å²) in [4.78, 5) is 32.4. The molecule has 4 rings (SSSR count). The van der Waals surface area contributed by atoms with Crippen molar-refractivity contribution in [2.45, 2.75) is 56.2 Å². The Bertz CT molecular complexity index is 1450. The maximum atomic E-state index is 13.9. The van der Waals surface area contributed by atoms with E-state index in [1.165, 1.54) is 38.4 Å². The summed E-state index contributed by atoms with van der Waals surface area (Å²) in [5.41, 5.74) is 2.24. The zero-order valence-corrected chi connectivity index (χ0v) is 25.8. The summed E-state index contributed by atoms with van der Waals surface area (Å²) in [7, 11) is 0.718. The fourth-order valence-electron chi connectivity index (χ4n) is 5.70. The fourth-order valence-corrected chi connectivity index (χ4v) is 7.86. The van der Waals surface area contributed by atoms with Crippen LogP contribution in [0.2, 0.25) is 0 Å². The van der Waals surface area contributed by atoms with Crippen LogP contribution in [-0.2, 0) is 27.5 Å². The van der Waals surface area contributed by atoms with E-state index in [2.05, 4.69) is 4.98 Å². The second-order valence-electron chi connectivity index (χ2n) is 10.8. The average Bonchev–Trinajstić information content (AvgIpc) is 3.49. The number of nitrogens with zero attached hydrogens (tertiary/aromatic N) is 2. The van der Waals surface area contributed by atoms with E-state index in [-0.39, 0.29) is 22.8 Å². The number of aromatic nitrogens is 1. The first-order valence-electron chi connectivity index (χ1n) is 14.6. The Hall–Kier alpha value is -3.92. The molecule has 10 heteroatoms. The topological polar surface area (TPSA) is 112 Å². The fraction of sp³-hybridized carbons (Fsp3) is 0.424. The molecule has 43 heavy (non-hydrogen) atoms. The highest BCUT2D eigenvalue weighted by Gasteiger charge is 2.38. The standard InChI is InChI=1S/C33H40N2O7S/c1-40-29-20-26(21-30(41-2)32(29)42-3)31(36)33(37)35-19-9-14-27(35)23-43(38,39)28(17-16-24-10-5-4-6-11-24)15-7-12-25-13-8-18-34-22-25/h4-6,8,10-11,13,18,20-22,27-28H,7,9,12,14-17,19,23H2,1-3H3/t27-,28+/m0/s1. The van der Waals surface area contributed by atoms with Gasteiger partial charge in [0.25, 0.3) is 11.7 Å². The molecular weight excluding hydrogens is 568 g/mol. The number of amides is 1. The number of ether oxygens (including phenoxy) is 3. The molecule has 1 saturated heterocycles. The third kappa shape index (κ3) is 8.13. The van der Waals surface area contributed by atoms with Gasteiger partial charge in [0.15, 0.2) is 21.3 Å². The first kappa shape index (κ1) is 32.0. The highest BCUT2D eigenvalue weighted by molar-refractivity contribution is 7.92. The van der Waals surface area contributed by atoms with E-state index in [9.17, 15) is 18.0 Å². The van der Waals surface area contributed by atoms with Crippen LogP contribution < -0.4 is 14.2 Å². The van der Waals surface area contributed by atoms with Crippen LogP contribution in [0, 0.1) is 0 Å². The van der Waals surface area contributed by atoms with Gasteiger partial charge in [0.05, 0.1) is 32.3 Å². The lowest BCUT2D eigenvalue weighted by Crippen LogP contribution is -2.44. The number of benzene rings is 2. The van der Waals surface area contributed by atoms with Gasteiger partial charge in [-0.3, -0.25) is 14.6 Å². The van der Waals surface area contributed by atoms with Gasteiger partial charge in [-0.05, 0) is 74.3 Å². The zero-order chi connectivity index (χ0) is 30.8. The van der Waals surface area contributed by atoms with Crippen molar-refractivity contribution in [3.8, 4) is 17.2 Å². The number of likely N-dealkylation sites (tertiary alicyclic amines) is 1. The summed E-state index contributed by atoms with van der Waals surface area (Å²) < 4.78 is 43.8. The number of hydrogen-bond donors (Lipinski definition) is 0. The van der Waals surface area contributed by atoms with Crippen molar-refractivity contribution in [2.75, 3.05) is 33.6 Å². The number of ketones is 1. The molecule has 2 heterocycles. The van der Waals surface area contributed by atoms with Crippen LogP contribution in [0.25, 0.3) is 0 Å². The number of hydrogen-bond acceptors (Lipinski definition) is 8. The van der Waals surface area contributed by atoms with Crippen molar-refractivity contribution >= 4 is 21.5 Å². The molecule has 1 amide bonds. The minimum absolute atomic E-state index is 0.0872. The summed E-state index contributed by atoms with van der Waals surface area (Å²) in [6.45, 7) is 0.324. The van der Waals surface area contributed by atoms with Crippen LogP contribution in [0.3, 0.4) is 0 Å². The van der Waals surface area contributed by atoms with Crippen LogP contribution in [0.1, 0.15) is 53.6 Å². The molecule has 1 aliphatic heterocycles. The second kappa shape index (κ2) is 15.0. The Morgan fingerprint density at radius 3 is 2.26 bits per heavy atom. The zero-order valence-electron chi connectivity index (χ0n) is 25.0. The van der Waals surface area contributed by atoms with Gasteiger partial charge >= 0.3 is 0 Å². The molecular formula is C33H40N2O7S. The maximum Gasteiger partial charge on any atom is 0.295 e. The number of aryl methyl sites for hydroxylation is 2. The Labute approximate surface area is 254 Å². The van der Waals surface area contributed by atoms with E-state index >= 15 is 0 Å². The van der Waals surface area contributed by atoms with Crippen LogP contribution >= 0.6 is 0 Å². The van der Waals surface area contributed by atoms with Crippen molar-refractivity contribution in [2.24, 2.45) is 0 Å². The van der Waals surface area contributed by atoms with Crippen molar-refractivity contribution in [3.05, 3.63) is 83.7 Å². The van der Waals surface area contributed by atoms with Crippen LogP contribution in [0.4, 0.5) is 0 Å². The lowest BCUT2D eigenvalue weighted by atomic mass is 10.0. The van der Waals surface area contributed by atoms with E-state index in [1.54, 1.807) is 12.4 Å². The lowest BCUT2D eigenvalue weighted by Gasteiger charge is -2.26. The lowest BCUT2D eigenvalue weighted by molar-refractivity contribution is -0.126. The number of carbonyl (C=O) groups excluding carboxylic acids is 2. The average molecular weight is 609 g/mol. The van der Waals surface area contributed by atoms with Crippen molar-refractivity contribution in [1.29, 1.82) is 0 Å². The Morgan fingerprint density at radius 1 is 0.930 bits per heavy atom. The van der Waals surface area contributed by atoms with E-state index in [0.29, 0.717) is 50.8 Å². The van der Waals surface area contributed by atoms with E-state index < -0.39 is 32.8 Å². The molecule has 1 aliphatic rings. The van der Waals surface area contributed by atoms with Crippen molar-refractivity contribution in [3.63, 3.8) is 0 Å². The number of sulfone groups is 1. The Balaban J connectivity index is 1.49. The third-order valence-corrected chi connectivity index (χ3v) is 10.3. The number of methoxy groups -OCH3 is 3. The van der Waals surface area contributed by atoms with E-state index in [4.69, 9.17) is 14.2 Å². The molecule has 0 bridgehead atoms. The van der Waals surface area contributed by atoms with E-state index in [1.807, 2.05) is 42.5 Å². The van der Waals surface area contributed by atoms with Crippen LogP contribution in [-0.4, -0.2) is 74.9 Å². The Morgan fingerprint density at radius 2 is 1.63 bits per heavy atom. The molecule has 0 spiro atoms. The maximum absolute atomic E-state index is 13.9. The van der Waals surface area contributed by atoms with Gasteiger partial charge in [-0.1, -0.05) is 36.4 Å². The van der Waals surface area contributed by atoms with Gasteiger partial charge in [0.2, 0.25) is 5.75 Å². The van der Waals surface area contributed by atoms with E-state index in [0.717, 1.165) is 17.5 Å². The van der Waals surface area contributed by atoms with Gasteiger partial charge in [-0.15, -0.1) is 0 Å². The Kier molecular flexibility index (Phi) is 11.2. The third-order valence-electron chi connectivity index (χ3n) is 8.00. The van der Waals surface area contributed by atoms with Gasteiger partial charge in [0, 0.05) is 30.5 Å².